The lowest BCUT2D eigenvalue weighted by Crippen LogP contribution is -2.28. The van der Waals surface area contributed by atoms with Crippen LogP contribution in [0, 0.1) is 17.8 Å². The first-order valence-corrected chi connectivity index (χ1v) is 6.16. The Balaban J connectivity index is 1.97. The van der Waals surface area contributed by atoms with Crippen LogP contribution in [-0.2, 0) is 9.53 Å². The average Bonchev–Trinajstić information content (AvgIpc) is 2.29. The van der Waals surface area contributed by atoms with Crippen molar-refractivity contribution < 1.29 is 9.53 Å². The van der Waals surface area contributed by atoms with Gasteiger partial charge in [0.2, 0.25) is 0 Å². The lowest BCUT2D eigenvalue weighted by molar-refractivity contribution is -0.147. The predicted octanol–water partition coefficient (Wildman–Crippen LogP) is 2.93. The van der Waals surface area contributed by atoms with Crippen molar-refractivity contribution >= 4 is 5.97 Å². The number of rotatable bonds is 2. The normalized spacial score (nSPS) is 34.6. The maximum atomic E-state index is 11.6. The highest BCUT2D eigenvalue weighted by molar-refractivity contribution is 5.74. The van der Waals surface area contributed by atoms with Crippen LogP contribution in [0.2, 0.25) is 0 Å². The van der Waals surface area contributed by atoms with Crippen molar-refractivity contribution in [1.82, 2.24) is 0 Å². The van der Waals surface area contributed by atoms with Crippen LogP contribution in [0.15, 0.2) is 12.2 Å². The molecule has 0 aliphatic heterocycles. The fourth-order valence-corrected chi connectivity index (χ4v) is 2.89. The topological polar surface area (TPSA) is 26.3 Å². The van der Waals surface area contributed by atoms with E-state index in [1.807, 2.05) is 6.92 Å². The molecule has 1 fully saturated rings. The van der Waals surface area contributed by atoms with Crippen molar-refractivity contribution in [3.8, 4) is 0 Å². The lowest BCUT2D eigenvalue weighted by Gasteiger charge is -2.34. The molecule has 3 unspecified atom stereocenters. The number of carbonyl (C=O) groups excluding carboxylic acids is 1. The standard InChI is InChI=1S/C13H20O2/c1-2-15-13(14)12-8-7-10-5-3-4-6-11(10)9-12/h7-8,10-12H,2-6,9H2,1H3. The summed E-state index contributed by atoms with van der Waals surface area (Å²) in [5.41, 5.74) is 0. The molecular formula is C13H20O2. The van der Waals surface area contributed by atoms with Gasteiger partial charge in [-0.05, 0) is 38.0 Å². The molecule has 0 bridgehead atoms. The zero-order chi connectivity index (χ0) is 10.7. The third-order valence-corrected chi connectivity index (χ3v) is 3.70. The molecule has 0 N–H and O–H groups in total. The van der Waals surface area contributed by atoms with Crippen LogP contribution < -0.4 is 0 Å². The van der Waals surface area contributed by atoms with Gasteiger partial charge in [0.1, 0.15) is 0 Å². The SMILES string of the molecule is CCOC(=O)C1C=CC2CCCCC2C1. The lowest BCUT2D eigenvalue weighted by atomic mass is 9.71. The van der Waals surface area contributed by atoms with Crippen LogP contribution in [0.4, 0.5) is 0 Å². The summed E-state index contributed by atoms with van der Waals surface area (Å²) < 4.78 is 5.07. The van der Waals surface area contributed by atoms with Gasteiger partial charge in [-0.3, -0.25) is 4.79 Å². The van der Waals surface area contributed by atoms with Crippen LogP contribution in [0.1, 0.15) is 39.0 Å². The maximum absolute atomic E-state index is 11.6. The molecule has 2 aliphatic carbocycles. The Labute approximate surface area is 91.7 Å². The highest BCUT2D eigenvalue weighted by Crippen LogP contribution is 2.39. The van der Waals surface area contributed by atoms with Crippen molar-refractivity contribution in [2.75, 3.05) is 6.61 Å². The number of esters is 1. The highest BCUT2D eigenvalue weighted by atomic mass is 16.5. The van der Waals surface area contributed by atoms with E-state index in [1.165, 1.54) is 25.7 Å². The number of hydrogen-bond donors (Lipinski definition) is 0. The van der Waals surface area contributed by atoms with E-state index in [0.29, 0.717) is 6.61 Å². The third kappa shape index (κ3) is 2.42. The van der Waals surface area contributed by atoms with E-state index < -0.39 is 0 Å². The van der Waals surface area contributed by atoms with E-state index in [0.717, 1.165) is 18.3 Å². The van der Waals surface area contributed by atoms with Gasteiger partial charge in [0.25, 0.3) is 0 Å². The Kier molecular flexibility index (Phi) is 3.45. The van der Waals surface area contributed by atoms with Gasteiger partial charge in [0.15, 0.2) is 0 Å². The minimum absolute atomic E-state index is 0.0298. The molecule has 0 saturated heterocycles. The molecular weight excluding hydrogens is 188 g/mol. The molecule has 0 aromatic rings. The van der Waals surface area contributed by atoms with Gasteiger partial charge in [-0.1, -0.05) is 25.0 Å². The van der Waals surface area contributed by atoms with Crippen LogP contribution >= 0.6 is 0 Å². The zero-order valence-electron chi connectivity index (χ0n) is 9.45. The molecule has 0 heterocycles. The first-order valence-electron chi connectivity index (χ1n) is 6.16. The summed E-state index contributed by atoms with van der Waals surface area (Å²) in [4.78, 5) is 11.6. The largest absolute Gasteiger partial charge is 0.466 e. The van der Waals surface area contributed by atoms with E-state index >= 15 is 0 Å². The quantitative estimate of drug-likeness (QED) is 0.515. The summed E-state index contributed by atoms with van der Waals surface area (Å²) in [6, 6.07) is 0. The molecule has 2 aliphatic rings. The van der Waals surface area contributed by atoms with Crippen molar-refractivity contribution in [2.24, 2.45) is 17.8 Å². The van der Waals surface area contributed by atoms with Crippen molar-refractivity contribution in [3.63, 3.8) is 0 Å². The smallest absolute Gasteiger partial charge is 0.312 e. The second-order valence-corrected chi connectivity index (χ2v) is 4.69. The van der Waals surface area contributed by atoms with Crippen LogP contribution in [0.25, 0.3) is 0 Å². The fraction of sp³-hybridized carbons (Fsp3) is 0.769. The Hall–Kier alpha value is -0.790. The number of ether oxygens (including phenoxy) is 1. The van der Waals surface area contributed by atoms with Gasteiger partial charge in [-0.2, -0.15) is 0 Å². The third-order valence-electron chi connectivity index (χ3n) is 3.70. The number of carbonyl (C=O) groups is 1. The van der Waals surface area contributed by atoms with E-state index in [-0.39, 0.29) is 11.9 Å². The van der Waals surface area contributed by atoms with Crippen molar-refractivity contribution in [1.29, 1.82) is 0 Å². The summed E-state index contributed by atoms with van der Waals surface area (Å²) in [5, 5.41) is 0. The molecule has 2 nitrogen and oxygen atoms in total. The van der Waals surface area contributed by atoms with Gasteiger partial charge in [-0.25, -0.2) is 0 Å². The summed E-state index contributed by atoms with van der Waals surface area (Å²) >= 11 is 0. The molecule has 3 atom stereocenters. The molecule has 84 valence electrons. The van der Waals surface area contributed by atoms with E-state index in [2.05, 4.69) is 12.2 Å². The minimum atomic E-state index is -0.0298. The maximum Gasteiger partial charge on any atom is 0.312 e. The first kappa shape index (κ1) is 10.7. The monoisotopic (exact) mass is 208 g/mol. The highest BCUT2D eigenvalue weighted by Gasteiger charge is 2.31. The zero-order valence-corrected chi connectivity index (χ0v) is 9.45. The van der Waals surface area contributed by atoms with Gasteiger partial charge in [0, 0.05) is 0 Å². The van der Waals surface area contributed by atoms with E-state index in [4.69, 9.17) is 4.74 Å². The number of hydrogen-bond acceptors (Lipinski definition) is 2. The first-order chi connectivity index (χ1) is 7.31. The number of fused-ring (bicyclic) bond motifs is 1. The number of allylic oxidation sites excluding steroid dienone is 1. The van der Waals surface area contributed by atoms with Crippen molar-refractivity contribution in [2.45, 2.75) is 39.0 Å². The van der Waals surface area contributed by atoms with Gasteiger partial charge in [-0.15, -0.1) is 0 Å². The molecule has 2 rings (SSSR count). The van der Waals surface area contributed by atoms with Crippen LogP contribution in [0.3, 0.4) is 0 Å². The summed E-state index contributed by atoms with van der Waals surface area (Å²) in [6.07, 6.45) is 10.7. The summed E-state index contributed by atoms with van der Waals surface area (Å²) in [5.74, 6) is 1.48. The molecule has 0 aromatic carbocycles. The second-order valence-electron chi connectivity index (χ2n) is 4.69. The molecule has 0 aromatic heterocycles. The second kappa shape index (κ2) is 4.82. The van der Waals surface area contributed by atoms with Gasteiger partial charge < -0.3 is 4.74 Å². The van der Waals surface area contributed by atoms with Crippen LogP contribution in [-0.4, -0.2) is 12.6 Å². The van der Waals surface area contributed by atoms with Crippen molar-refractivity contribution in [3.05, 3.63) is 12.2 Å². The molecule has 0 amide bonds. The Bertz CT molecular complexity index is 257. The van der Waals surface area contributed by atoms with Gasteiger partial charge >= 0.3 is 5.97 Å². The Morgan fingerprint density at radius 1 is 1.33 bits per heavy atom. The van der Waals surface area contributed by atoms with Gasteiger partial charge in [0.05, 0.1) is 12.5 Å². The fourth-order valence-electron chi connectivity index (χ4n) is 2.89. The molecule has 0 spiro atoms. The Morgan fingerprint density at radius 2 is 2.13 bits per heavy atom. The minimum Gasteiger partial charge on any atom is -0.466 e. The van der Waals surface area contributed by atoms with E-state index in [1.54, 1.807) is 0 Å². The predicted molar refractivity (Wildman–Crippen MR) is 59.3 cm³/mol. The molecule has 2 heteroatoms. The van der Waals surface area contributed by atoms with Crippen LogP contribution in [0.5, 0.6) is 0 Å². The summed E-state index contributed by atoms with van der Waals surface area (Å²) in [6.45, 7) is 2.37. The Morgan fingerprint density at radius 3 is 2.93 bits per heavy atom. The average molecular weight is 208 g/mol. The molecule has 0 radical (unpaired) electrons. The molecule has 1 saturated carbocycles. The van der Waals surface area contributed by atoms with E-state index in [9.17, 15) is 4.79 Å². The molecule has 15 heavy (non-hydrogen) atoms. The summed E-state index contributed by atoms with van der Waals surface area (Å²) in [7, 11) is 0.